The van der Waals surface area contributed by atoms with Crippen LogP contribution >= 0.6 is 23.5 Å². The molecule has 5 rings (SSSR count). The Morgan fingerprint density at radius 2 is 1.66 bits per heavy atom. The topological polar surface area (TPSA) is 45.8 Å². The van der Waals surface area contributed by atoms with Crippen molar-refractivity contribution >= 4 is 40.7 Å². The minimum atomic E-state index is 0.102. The van der Waals surface area contributed by atoms with Gasteiger partial charge in [0.2, 0.25) is 0 Å². The highest BCUT2D eigenvalue weighted by molar-refractivity contribution is 8.18. The number of hydrogen-bond acceptors (Lipinski definition) is 5. The van der Waals surface area contributed by atoms with E-state index in [4.69, 9.17) is 9.41 Å². The Morgan fingerprint density at radius 1 is 0.938 bits per heavy atom. The van der Waals surface area contributed by atoms with E-state index < -0.39 is 0 Å². The van der Waals surface area contributed by atoms with Gasteiger partial charge < -0.3 is 4.42 Å². The Balaban J connectivity index is 1.37. The molecule has 1 aromatic heterocycles. The Kier molecular flexibility index (Phi) is 7.08. The van der Waals surface area contributed by atoms with Crippen LogP contribution in [-0.2, 0) is 4.79 Å². The molecule has 0 radical (unpaired) electrons. The number of furan rings is 1. The molecule has 168 valence electrons. The van der Waals surface area contributed by atoms with Crippen LogP contribution in [0.25, 0.3) is 6.08 Å². The van der Waals surface area contributed by atoms with E-state index in [9.17, 15) is 4.79 Å². The Labute approximate surface area is 198 Å². The maximum absolute atomic E-state index is 13.5. The number of amidine groups is 1. The van der Waals surface area contributed by atoms with Crippen molar-refractivity contribution in [2.75, 3.05) is 0 Å². The van der Waals surface area contributed by atoms with Crippen molar-refractivity contribution in [1.82, 2.24) is 4.90 Å². The predicted octanol–water partition coefficient (Wildman–Crippen LogP) is 7.37. The van der Waals surface area contributed by atoms with Crippen LogP contribution < -0.4 is 0 Å². The second-order valence-electron chi connectivity index (χ2n) is 8.85. The van der Waals surface area contributed by atoms with Crippen LogP contribution in [0.2, 0.25) is 0 Å². The van der Waals surface area contributed by atoms with Gasteiger partial charge in [-0.3, -0.25) is 14.7 Å². The van der Waals surface area contributed by atoms with Gasteiger partial charge in [-0.1, -0.05) is 68.5 Å². The van der Waals surface area contributed by atoms with Crippen molar-refractivity contribution in [3.05, 3.63) is 53.1 Å². The first-order chi connectivity index (χ1) is 15.8. The van der Waals surface area contributed by atoms with Crippen LogP contribution in [0.15, 0.2) is 66.8 Å². The third kappa shape index (κ3) is 5.18. The highest BCUT2D eigenvalue weighted by Gasteiger charge is 2.39. The zero-order valence-corrected chi connectivity index (χ0v) is 20.0. The van der Waals surface area contributed by atoms with Gasteiger partial charge in [0.25, 0.3) is 5.91 Å². The number of hydrogen-bond donors (Lipinski definition) is 0. The van der Waals surface area contributed by atoms with E-state index >= 15 is 0 Å². The molecule has 6 heteroatoms. The highest BCUT2D eigenvalue weighted by Crippen LogP contribution is 2.39. The van der Waals surface area contributed by atoms with Crippen LogP contribution in [0.3, 0.4) is 0 Å². The third-order valence-corrected chi connectivity index (χ3v) is 8.41. The molecule has 2 saturated carbocycles. The summed E-state index contributed by atoms with van der Waals surface area (Å²) >= 11 is 3.14. The van der Waals surface area contributed by atoms with E-state index in [1.807, 2.05) is 41.3 Å². The third-order valence-electron chi connectivity index (χ3n) is 6.48. The molecule has 2 aromatic rings. The molecule has 4 nitrogen and oxygen atoms in total. The van der Waals surface area contributed by atoms with Gasteiger partial charge in [0.15, 0.2) is 10.3 Å². The van der Waals surface area contributed by atoms with Crippen LogP contribution in [0.4, 0.5) is 0 Å². The molecule has 1 amide bonds. The maximum atomic E-state index is 13.5. The number of thioether (sulfide) groups is 1. The van der Waals surface area contributed by atoms with E-state index in [-0.39, 0.29) is 11.9 Å². The summed E-state index contributed by atoms with van der Waals surface area (Å²) in [5.41, 5.74) is 0. The molecule has 32 heavy (non-hydrogen) atoms. The summed E-state index contributed by atoms with van der Waals surface area (Å²) in [4.78, 5) is 22.5. The minimum Gasteiger partial charge on any atom is -0.450 e. The highest BCUT2D eigenvalue weighted by atomic mass is 32.2. The monoisotopic (exact) mass is 466 g/mol. The van der Waals surface area contributed by atoms with Gasteiger partial charge in [-0.2, -0.15) is 0 Å². The zero-order valence-electron chi connectivity index (χ0n) is 18.4. The van der Waals surface area contributed by atoms with Crippen LogP contribution in [0, 0.1) is 0 Å². The number of nitrogens with zero attached hydrogens (tertiary/aromatic N) is 2. The Morgan fingerprint density at radius 3 is 2.41 bits per heavy atom. The fourth-order valence-electron chi connectivity index (χ4n) is 4.80. The summed E-state index contributed by atoms with van der Waals surface area (Å²) in [6, 6.07) is 14.8. The molecule has 0 N–H and O–H groups in total. The molecule has 0 atom stereocenters. The second-order valence-corrected chi connectivity index (χ2v) is 10.9. The van der Waals surface area contributed by atoms with E-state index in [0.29, 0.717) is 6.04 Å². The second kappa shape index (κ2) is 10.3. The van der Waals surface area contributed by atoms with Crippen molar-refractivity contribution in [1.29, 1.82) is 0 Å². The summed E-state index contributed by atoms with van der Waals surface area (Å²) in [5, 5.41) is 1.75. The van der Waals surface area contributed by atoms with Crippen LogP contribution in [0.5, 0.6) is 0 Å². The molecule has 1 saturated heterocycles. The number of rotatable bonds is 5. The lowest BCUT2D eigenvalue weighted by Crippen LogP contribution is -2.41. The van der Waals surface area contributed by atoms with E-state index in [1.165, 1.54) is 38.5 Å². The standard InChI is InChI=1S/C26H30N2O2S2/c29-25-23(18-21-16-17-24(30-21)31-22-14-8-3-9-15-22)32-26(27-19-10-4-1-5-11-19)28(25)20-12-6-2-7-13-20/h3,8-9,14-20H,1-2,4-7,10-13H2/b23-18-,27-26?. The fraction of sp³-hybridized carbons (Fsp3) is 0.462. The molecule has 0 spiro atoms. The summed E-state index contributed by atoms with van der Waals surface area (Å²) in [7, 11) is 0. The molecule has 1 aromatic carbocycles. The number of benzene rings is 1. The van der Waals surface area contributed by atoms with Crippen molar-refractivity contribution in [2.45, 2.75) is 86.3 Å². The minimum absolute atomic E-state index is 0.102. The molecule has 3 fully saturated rings. The molecule has 1 aliphatic heterocycles. The van der Waals surface area contributed by atoms with Crippen LogP contribution in [0.1, 0.15) is 70.0 Å². The van der Waals surface area contributed by atoms with Gasteiger partial charge >= 0.3 is 0 Å². The number of amides is 1. The lowest BCUT2D eigenvalue weighted by molar-refractivity contribution is -0.124. The SMILES string of the molecule is O=C1/C(=C/c2ccc(Sc3ccccc3)o2)SC(=NC2CCCCC2)N1C1CCCCC1. The van der Waals surface area contributed by atoms with E-state index in [1.54, 1.807) is 23.5 Å². The van der Waals surface area contributed by atoms with Gasteiger partial charge in [0.1, 0.15) is 5.76 Å². The Hall–Kier alpha value is -1.92. The Bertz CT molecular complexity index is 986. The van der Waals surface area contributed by atoms with Gasteiger partial charge in [-0.05, 0) is 61.7 Å². The van der Waals surface area contributed by atoms with Crippen molar-refractivity contribution in [3.8, 4) is 0 Å². The molecule has 2 heterocycles. The maximum Gasteiger partial charge on any atom is 0.267 e. The first kappa shape index (κ1) is 21.9. The smallest absolute Gasteiger partial charge is 0.267 e. The van der Waals surface area contributed by atoms with Gasteiger partial charge in [-0.25, -0.2) is 0 Å². The lowest BCUT2D eigenvalue weighted by Gasteiger charge is -2.31. The van der Waals surface area contributed by atoms with Gasteiger partial charge in [-0.15, -0.1) is 0 Å². The number of carbonyl (C=O) groups excluding carboxylic acids is 1. The van der Waals surface area contributed by atoms with E-state index in [2.05, 4.69) is 12.1 Å². The summed E-state index contributed by atoms with van der Waals surface area (Å²) < 4.78 is 6.03. The largest absolute Gasteiger partial charge is 0.450 e. The number of carbonyl (C=O) groups is 1. The van der Waals surface area contributed by atoms with E-state index in [0.717, 1.165) is 51.5 Å². The molecular formula is C26H30N2O2S2. The fourth-order valence-corrected chi connectivity index (χ4v) is 6.69. The average Bonchev–Trinajstić information content (AvgIpc) is 3.39. The van der Waals surface area contributed by atoms with Crippen molar-refractivity contribution < 1.29 is 9.21 Å². The van der Waals surface area contributed by atoms with Gasteiger partial charge in [0, 0.05) is 17.0 Å². The molecule has 0 bridgehead atoms. The molecule has 0 unspecified atom stereocenters. The van der Waals surface area contributed by atoms with Gasteiger partial charge in [0.05, 0.1) is 10.9 Å². The molecule has 2 aliphatic carbocycles. The molecular weight excluding hydrogens is 436 g/mol. The first-order valence-electron chi connectivity index (χ1n) is 11.9. The quantitative estimate of drug-likeness (QED) is 0.432. The van der Waals surface area contributed by atoms with Crippen molar-refractivity contribution in [3.63, 3.8) is 0 Å². The zero-order chi connectivity index (χ0) is 21.8. The summed E-state index contributed by atoms with van der Waals surface area (Å²) in [6.07, 6.45) is 13.9. The summed E-state index contributed by atoms with van der Waals surface area (Å²) in [6.45, 7) is 0. The van der Waals surface area contributed by atoms with Crippen LogP contribution in [-0.4, -0.2) is 28.1 Å². The summed E-state index contributed by atoms with van der Waals surface area (Å²) in [5.74, 6) is 0.826. The lowest BCUT2D eigenvalue weighted by atomic mass is 9.94. The predicted molar refractivity (Wildman–Crippen MR) is 133 cm³/mol. The first-order valence-corrected chi connectivity index (χ1v) is 13.5. The van der Waals surface area contributed by atoms with Crippen molar-refractivity contribution in [2.24, 2.45) is 4.99 Å². The molecule has 3 aliphatic rings. The average molecular weight is 467 g/mol. The normalized spacial score (nSPS) is 23.5. The number of aliphatic imine (C=N–C) groups is 1.